The number of nitrogens with one attached hydrogen (secondary N) is 1. The zero-order valence-corrected chi connectivity index (χ0v) is 14.5. The van der Waals surface area contributed by atoms with E-state index in [1.807, 2.05) is 38.3 Å². The molecule has 8 heteroatoms. The number of sulfonamides is 1. The second-order valence-corrected chi connectivity index (χ2v) is 8.53. The van der Waals surface area contributed by atoms with Crippen LogP contribution in [0, 0.1) is 0 Å². The van der Waals surface area contributed by atoms with Crippen LogP contribution < -0.4 is 14.4 Å². The van der Waals surface area contributed by atoms with E-state index < -0.39 is 21.5 Å². The van der Waals surface area contributed by atoms with Crippen LogP contribution in [0.2, 0.25) is 0 Å². The molecule has 1 saturated heterocycles. The molecule has 0 aromatic heterocycles. The molecule has 1 aromatic carbocycles. The number of allylic oxidation sites excluding steroid dienone is 2. The van der Waals surface area contributed by atoms with Gasteiger partial charge in [-0.05, 0) is 44.2 Å². The van der Waals surface area contributed by atoms with Crippen molar-refractivity contribution >= 4 is 21.4 Å². The smallest absolute Gasteiger partial charge is 0.288 e. The highest BCUT2D eigenvalue weighted by molar-refractivity contribution is 7.92. The first kappa shape index (κ1) is 15.3. The van der Waals surface area contributed by atoms with Crippen molar-refractivity contribution in [2.24, 2.45) is 0 Å². The third kappa shape index (κ3) is 2.51. The summed E-state index contributed by atoms with van der Waals surface area (Å²) in [5.74, 6) is 0.0203. The number of fused-ring (bicyclic) bond motifs is 2. The third-order valence-corrected chi connectivity index (χ3v) is 4.63. The number of ether oxygens (including phenoxy) is 1. The van der Waals surface area contributed by atoms with Gasteiger partial charge in [-0.3, -0.25) is 4.72 Å². The number of hydrogen-bond acceptors (Lipinski definition) is 6. The molecular weight excluding hydrogens is 330 g/mol. The quantitative estimate of drug-likeness (QED) is 0.842. The average molecular weight is 349 g/mol. The van der Waals surface area contributed by atoms with Gasteiger partial charge in [-0.15, -0.1) is 0 Å². The lowest BCUT2D eigenvalue weighted by molar-refractivity contribution is 0.0965. The Bertz CT molecular complexity index is 862. The number of hydroxylamine groups is 2. The molecule has 0 radical (unpaired) electrons. The van der Waals surface area contributed by atoms with Gasteiger partial charge in [-0.25, -0.2) is 13.3 Å². The van der Waals surface area contributed by atoms with E-state index in [9.17, 15) is 8.42 Å². The van der Waals surface area contributed by atoms with E-state index in [1.165, 1.54) is 0 Å². The number of anilines is 2. The fourth-order valence-electron chi connectivity index (χ4n) is 3.11. The minimum Gasteiger partial charge on any atom is -0.484 e. The van der Waals surface area contributed by atoms with Gasteiger partial charge in [-0.2, -0.15) is 5.06 Å². The molecule has 1 unspecified atom stereocenters. The largest absolute Gasteiger partial charge is 0.484 e. The molecule has 3 heterocycles. The molecule has 0 bridgehead atoms. The van der Waals surface area contributed by atoms with Crippen LogP contribution in [0.4, 0.5) is 11.4 Å². The summed E-state index contributed by atoms with van der Waals surface area (Å²) in [5, 5.41) is 1.76. The number of nitrogens with zero attached hydrogens (tertiary/aromatic N) is 2. The Balaban J connectivity index is 1.78. The van der Waals surface area contributed by atoms with Crippen molar-refractivity contribution in [3.8, 4) is 5.75 Å². The monoisotopic (exact) mass is 349 g/mol. The van der Waals surface area contributed by atoms with Gasteiger partial charge in [0.15, 0.2) is 0 Å². The van der Waals surface area contributed by atoms with E-state index in [4.69, 9.17) is 9.57 Å². The summed E-state index contributed by atoms with van der Waals surface area (Å²) in [6.07, 6.45) is 8.79. The topological polar surface area (TPSA) is 74.2 Å². The molecule has 128 valence electrons. The maximum Gasteiger partial charge on any atom is 0.288 e. The van der Waals surface area contributed by atoms with E-state index in [-0.39, 0.29) is 0 Å². The molecule has 1 fully saturated rings. The summed E-state index contributed by atoms with van der Waals surface area (Å²) in [5.41, 5.74) is 0.870. The zero-order chi connectivity index (χ0) is 17.2. The molecule has 0 saturated carbocycles. The van der Waals surface area contributed by atoms with Crippen molar-refractivity contribution < 1.29 is 18.0 Å². The van der Waals surface area contributed by atoms with Crippen LogP contribution in [-0.4, -0.2) is 37.7 Å². The molecule has 1 atom stereocenters. The average Bonchev–Trinajstić information content (AvgIpc) is 3.20. The molecule has 7 nitrogen and oxygen atoms in total. The fraction of sp³-hybridized carbons (Fsp3) is 0.375. The Morgan fingerprint density at radius 1 is 1.25 bits per heavy atom. The molecule has 4 rings (SSSR count). The minimum atomic E-state index is -3.35. The highest BCUT2D eigenvalue weighted by Crippen LogP contribution is 2.50. The maximum absolute atomic E-state index is 11.5. The van der Waals surface area contributed by atoms with Crippen LogP contribution in [0.5, 0.6) is 5.75 Å². The molecule has 0 spiro atoms. The van der Waals surface area contributed by atoms with Gasteiger partial charge in [0.25, 0.3) is 5.85 Å². The van der Waals surface area contributed by atoms with E-state index in [0.717, 1.165) is 11.9 Å². The first-order valence-electron chi connectivity index (χ1n) is 7.62. The predicted octanol–water partition coefficient (Wildman–Crippen LogP) is 2.02. The molecule has 3 aliphatic rings. The van der Waals surface area contributed by atoms with Gasteiger partial charge in [0.05, 0.1) is 24.2 Å². The third-order valence-electron chi connectivity index (χ3n) is 4.03. The Labute approximate surface area is 141 Å². The number of benzene rings is 1. The predicted molar refractivity (Wildman–Crippen MR) is 90.9 cm³/mol. The van der Waals surface area contributed by atoms with E-state index in [1.54, 1.807) is 23.3 Å². The second kappa shape index (κ2) is 4.67. The van der Waals surface area contributed by atoms with E-state index >= 15 is 0 Å². The Hall–Kier alpha value is -2.19. The SMILES string of the molecule is CC1(C)CN(C23C=CC=CN2O3)c2cc(NS(C)(=O)=O)ccc2O1. The van der Waals surface area contributed by atoms with Crippen LogP contribution in [0.3, 0.4) is 0 Å². The molecule has 1 N–H and O–H groups in total. The van der Waals surface area contributed by atoms with Crippen LogP contribution in [0.25, 0.3) is 0 Å². The lowest BCUT2D eigenvalue weighted by Crippen LogP contribution is -2.53. The van der Waals surface area contributed by atoms with Gasteiger partial charge in [0, 0.05) is 6.20 Å². The van der Waals surface area contributed by atoms with Gasteiger partial charge in [0.1, 0.15) is 11.4 Å². The summed E-state index contributed by atoms with van der Waals surface area (Å²) >= 11 is 0. The van der Waals surface area contributed by atoms with Crippen LogP contribution >= 0.6 is 0 Å². The normalized spacial score (nSPS) is 26.5. The lowest BCUT2D eigenvalue weighted by atomic mass is 10.0. The first-order valence-corrected chi connectivity index (χ1v) is 9.51. The van der Waals surface area contributed by atoms with Gasteiger partial charge < -0.3 is 9.64 Å². The number of hydrogen-bond donors (Lipinski definition) is 1. The fourth-order valence-corrected chi connectivity index (χ4v) is 3.66. The Morgan fingerprint density at radius 2 is 2.04 bits per heavy atom. The summed E-state index contributed by atoms with van der Waals surface area (Å²) in [4.78, 5) is 7.87. The highest BCUT2D eigenvalue weighted by Gasteiger charge is 2.60. The van der Waals surface area contributed by atoms with E-state index in [0.29, 0.717) is 18.0 Å². The van der Waals surface area contributed by atoms with Crippen molar-refractivity contribution in [3.63, 3.8) is 0 Å². The Morgan fingerprint density at radius 3 is 2.75 bits per heavy atom. The highest BCUT2D eigenvalue weighted by atomic mass is 32.2. The second-order valence-electron chi connectivity index (χ2n) is 6.78. The minimum absolute atomic E-state index is 0.403. The van der Waals surface area contributed by atoms with Crippen LogP contribution in [0.1, 0.15) is 13.8 Å². The van der Waals surface area contributed by atoms with Crippen molar-refractivity contribution in [3.05, 3.63) is 42.6 Å². The Kier molecular flexibility index (Phi) is 2.99. The van der Waals surface area contributed by atoms with Crippen LogP contribution in [0.15, 0.2) is 42.6 Å². The number of rotatable bonds is 3. The van der Waals surface area contributed by atoms with E-state index in [2.05, 4.69) is 9.62 Å². The first-order chi connectivity index (χ1) is 11.2. The lowest BCUT2D eigenvalue weighted by Gasteiger charge is -2.42. The summed E-state index contributed by atoms with van der Waals surface area (Å²) in [7, 11) is -3.35. The molecule has 1 aromatic rings. The zero-order valence-electron chi connectivity index (χ0n) is 13.7. The summed E-state index contributed by atoms with van der Waals surface area (Å²) in [6, 6.07) is 5.24. The molecule has 24 heavy (non-hydrogen) atoms. The van der Waals surface area contributed by atoms with Crippen LogP contribution in [-0.2, 0) is 14.9 Å². The van der Waals surface area contributed by atoms with Crippen molar-refractivity contribution in [1.82, 2.24) is 5.06 Å². The summed E-state index contributed by atoms with van der Waals surface area (Å²) < 4.78 is 31.6. The van der Waals surface area contributed by atoms with Crippen molar-refractivity contribution in [2.75, 3.05) is 22.4 Å². The molecule has 3 aliphatic heterocycles. The van der Waals surface area contributed by atoms with Gasteiger partial charge in [-0.1, -0.05) is 6.08 Å². The van der Waals surface area contributed by atoms with Crippen molar-refractivity contribution in [2.45, 2.75) is 25.3 Å². The van der Waals surface area contributed by atoms with Crippen molar-refractivity contribution in [1.29, 1.82) is 0 Å². The van der Waals surface area contributed by atoms with Gasteiger partial charge in [0.2, 0.25) is 10.0 Å². The molecule has 0 amide bonds. The maximum atomic E-state index is 11.5. The molecule has 0 aliphatic carbocycles. The molecular formula is C16H19N3O4S. The summed E-state index contributed by atoms with van der Waals surface area (Å²) in [6.45, 7) is 4.62. The van der Waals surface area contributed by atoms with Gasteiger partial charge >= 0.3 is 0 Å². The standard InChI is InChI=1S/C16H19N3O4S/c1-15(2)11-18(16-8-4-5-9-19(16)23-16)13-10-12(17-24(3,20)21)6-7-14(13)22-15/h4-10,17H,11H2,1-3H3.